The van der Waals surface area contributed by atoms with Gasteiger partial charge in [-0.05, 0) is 6.07 Å². The first kappa shape index (κ1) is 10.2. The highest BCUT2D eigenvalue weighted by atomic mass is 35.5. The molecule has 0 fully saturated rings. The Kier molecular flexibility index (Phi) is 3.45. The summed E-state index contributed by atoms with van der Waals surface area (Å²) in [6, 6.07) is 1.54. The lowest BCUT2D eigenvalue weighted by molar-refractivity contribution is -0.139. The Bertz CT molecular complexity index is 332. The number of thiophene rings is 1. The van der Waals surface area contributed by atoms with Gasteiger partial charge in [0, 0.05) is 10.9 Å². The molecule has 1 heterocycles. The van der Waals surface area contributed by atoms with Crippen LogP contribution < -0.4 is 0 Å². The number of ether oxygens (including phenoxy) is 1. The lowest BCUT2D eigenvalue weighted by Gasteiger charge is -1.95. The van der Waals surface area contributed by atoms with Gasteiger partial charge in [0.15, 0.2) is 5.78 Å². The van der Waals surface area contributed by atoms with Crippen molar-refractivity contribution in [2.24, 2.45) is 0 Å². The van der Waals surface area contributed by atoms with Crippen molar-refractivity contribution in [3.05, 3.63) is 21.3 Å². The van der Waals surface area contributed by atoms with Crippen LogP contribution in [0.4, 0.5) is 0 Å². The van der Waals surface area contributed by atoms with Crippen LogP contribution in [0.25, 0.3) is 0 Å². The van der Waals surface area contributed by atoms with Crippen molar-refractivity contribution in [1.29, 1.82) is 0 Å². The second kappa shape index (κ2) is 4.39. The van der Waals surface area contributed by atoms with Gasteiger partial charge in [0.2, 0.25) is 0 Å². The van der Waals surface area contributed by atoms with Crippen LogP contribution in [-0.2, 0) is 9.53 Å². The SMILES string of the molecule is COC(=O)CC(=O)c1csc(Cl)c1. The van der Waals surface area contributed by atoms with Gasteiger partial charge in [-0.1, -0.05) is 11.6 Å². The minimum atomic E-state index is -0.535. The number of hydrogen-bond donors (Lipinski definition) is 0. The molecule has 1 aromatic heterocycles. The van der Waals surface area contributed by atoms with Crippen LogP contribution in [-0.4, -0.2) is 18.9 Å². The second-order valence-corrected chi connectivity index (χ2v) is 3.86. The first-order valence-electron chi connectivity index (χ1n) is 3.47. The third kappa shape index (κ3) is 2.82. The van der Waals surface area contributed by atoms with Crippen molar-refractivity contribution >= 4 is 34.7 Å². The summed E-state index contributed by atoms with van der Waals surface area (Å²) in [5.41, 5.74) is 0.459. The molecule has 0 atom stereocenters. The Labute approximate surface area is 84.3 Å². The van der Waals surface area contributed by atoms with Crippen LogP contribution in [0.5, 0.6) is 0 Å². The number of ketones is 1. The number of carbonyl (C=O) groups is 2. The predicted molar refractivity (Wildman–Crippen MR) is 50.3 cm³/mol. The number of rotatable bonds is 3. The Balaban J connectivity index is 2.64. The molecule has 5 heteroatoms. The molecule has 0 N–H and O–H groups in total. The van der Waals surface area contributed by atoms with Gasteiger partial charge in [0.1, 0.15) is 6.42 Å². The lowest BCUT2D eigenvalue weighted by atomic mass is 10.2. The van der Waals surface area contributed by atoms with Crippen molar-refractivity contribution in [3.63, 3.8) is 0 Å². The monoisotopic (exact) mass is 218 g/mol. The van der Waals surface area contributed by atoms with Crippen LogP contribution in [0.15, 0.2) is 11.4 Å². The van der Waals surface area contributed by atoms with Crippen LogP contribution in [0, 0.1) is 0 Å². The molecule has 1 rings (SSSR count). The van der Waals surface area contributed by atoms with E-state index in [4.69, 9.17) is 11.6 Å². The van der Waals surface area contributed by atoms with E-state index in [0.717, 1.165) is 0 Å². The Morgan fingerprint density at radius 3 is 2.77 bits per heavy atom. The minimum absolute atomic E-state index is 0.233. The number of methoxy groups -OCH3 is 1. The fourth-order valence-corrected chi connectivity index (χ4v) is 1.65. The van der Waals surface area contributed by atoms with Gasteiger partial charge in [0.05, 0.1) is 11.4 Å². The van der Waals surface area contributed by atoms with E-state index >= 15 is 0 Å². The molecule has 0 radical (unpaired) electrons. The maximum absolute atomic E-state index is 11.3. The van der Waals surface area contributed by atoms with E-state index in [9.17, 15) is 9.59 Å². The summed E-state index contributed by atoms with van der Waals surface area (Å²) in [4.78, 5) is 22.0. The molecule has 0 aromatic carbocycles. The van der Waals surface area contributed by atoms with E-state index < -0.39 is 5.97 Å². The molecule has 70 valence electrons. The van der Waals surface area contributed by atoms with E-state index in [1.807, 2.05) is 0 Å². The topological polar surface area (TPSA) is 43.4 Å². The summed E-state index contributed by atoms with van der Waals surface area (Å²) in [6.07, 6.45) is -0.233. The molecule has 0 aliphatic carbocycles. The molecule has 0 unspecified atom stereocenters. The van der Waals surface area contributed by atoms with E-state index in [-0.39, 0.29) is 12.2 Å². The van der Waals surface area contributed by atoms with Gasteiger partial charge in [-0.15, -0.1) is 11.3 Å². The number of hydrogen-bond acceptors (Lipinski definition) is 4. The van der Waals surface area contributed by atoms with Gasteiger partial charge in [-0.2, -0.15) is 0 Å². The quantitative estimate of drug-likeness (QED) is 0.444. The number of carbonyl (C=O) groups excluding carboxylic acids is 2. The van der Waals surface area contributed by atoms with Crippen molar-refractivity contribution in [2.75, 3.05) is 7.11 Å². The Morgan fingerprint density at radius 1 is 1.62 bits per heavy atom. The normalized spacial score (nSPS) is 9.69. The highest BCUT2D eigenvalue weighted by Gasteiger charge is 2.12. The summed E-state index contributed by atoms with van der Waals surface area (Å²) >= 11 is 6.88. The Hall–Kier alpha value is -0.870. The van der Waals surface area contributed by atoms with Gasteiger partial charge in [-0.3, -0.25) is 9.59 Å². The number of halogens is 1. The van der Waals surface area contributed by atoms with Crippen molar-refractivity contribution < 1.29 is 14.3 Å². The fourth-order valence-electron chi connectivity index (χ4n) is 0.762. The molecular weight excluding hydrogens is 212 g/mol. The van der Waals surface area contributed by atoms with Gasteiger partial charge in [-0.25, -0.2) is 0 Å². The molecule has 0 amide bonds. The van der Waals surface area contributed by atoms with Crippen LogP contribution >= 0.6 is 22.9 Å². The molecule has 0 saturated heterocycles. The highest BCUT2D eigenvalue weighted by molar-refractivity contribution is 7.14. The Morgan fingerprint density at radius 2 is 2.31 bits per heavy atom. The highest BCUT2D eigenvalue weighted by Crippen LogP contribution is 2.20. The van der Waals surface area contributed by atoms with E-state index in [0.29, 0.717) is 9.90 Å². The largest absolute Gasteiger partial charge is 0.469 e. The third-order valence-corrected chi connectivity index (χ3v) is 2.51. The van der Waals surface area contributed by atoms with Gasteiger partial charge >= 0.3 is 5.97 Å². The molecular formula is C8H7ClO3S. The fraction of sp³-hybridized carbons (Fsp3) is 0.250. The number of esters is 1. The maximum atomic E-state index is 11.3. The van der Waals surface area contributed by atoms with Crippen molar-refractivity contribution in [2.45, 2.75) is 6.42 Å². The summed E-state index contributed by atoms with van der Waals surface area (Å²) in [6.45, 7) is 0. The average Bonchev–Trinajstić information content (AvgIpc) is 2.51. The number of Topliss-reactive ketones (excluding diaryl/α,β-unsaturated/α-hetero) is 1. The zero-order chi connectivity index (χ0) is 9.84. The zero-order valence-corrected chi connectivity index (χ0v) is 8.45. The summed E-state index contributed by atoms with van der Waals surface area (Å²) < 4.78 is 4.90. The first-order chi connectivity index (χ1) is 6.13. The van der Waals surface area contributed by atoms with E-state index in [2.05, 4.69) is 4.74 Å². The lowest BCUT2D eigenvalue weighted by Crippen LogP contribution is -2.08. The summed E-state index contributed by atoms with van der Waals surface area (Å²) in [5.74, 6) is -0.803. The average molecular weight is 219 g/mol. The molecule has 0 aliphatic rings. The van der Waals surface area contributed by atoms with E-state index in [1.165, 1.54) is 24.5 Å². The summed E-state index contributed by atoms with van der Waals surface area (Å²) in [5, 5.41) is 1.62. The third-order valence-electron chi connectivity index (χ3n) is 1.42. The molecule has 0 saturated carbocycles. The standard InChI is InChI=1S/C8H7ClO3S/c1-12-8(11)3-6(10)5-2-7(9)13-4-5/h2,4H,3H2,1H3. The van der Waals surface area contributed by atoms with E-state index in [1.54, 1.807) is 5.38 Å². The van der Waals surface area contributed by atoms with Crippen LogP contribution in [0.1, 0.15) is 16.8 Å². The van der Waals surface area contributed by atoms with Crippen LogP contribution in [0.2, 0.25) is 4.34 Å². The van der Waals surface area contributed by atoms with Crippen LogP contribution in [0.3, 0.4) is 0 Å². The van der Waals surface area contributed by atoms with Crippen molar-refractivity contribution in [1.82, 2.24) is 0 Å². The predicted octanol–water partition coefficient (Wildman–Crippen LogP) is 2.15. The molecule has 0 aliphatic heterocycles. The molecule has 0 spiro atoms. The molecule has 1 aromatic rings. The smallest absolute Gasteiger partial charge is 0.313 e. The van der Waals surface area contributed by atoms with Gasteiger partial charge in [0.25, 0.3) is 0 Å². The molecule has 13 heavy (non-hydrogen) atoms. The minimum Gasteiger partial charge on any atom is -0.469 e. The first-order valence-corrected chi connectivity index (χ1v) is 4.73. The van der Waals surface area contributed by atoms with Crippen molar-refractivity contribution in [3.8, 4) is 0 Å². The summed E-state index contributed by atoms with van der Waals surface area (Å²) in [7, 11) is 1.25. The van der Waals surface area contributed by atoms with Gasteiger partial charge < -0.3 is 4.74 Å². The molecule has 0 bridgehead atoms. The maximum Gasteiger partial charge on any atom is 0.313 e. The molecule has 3 nitrogen and oxygen atoms in total. The zero-order valence-electron chi connectivity index (χ0n) is 6.87. The second-order valence-electron chi connectivity index (χ2n) is 2.32.